The first-order valence-corrected chi connectivity index (χ1v) is 8.59. The molecule has 3 rings (SSSR count). The zero-order valence-corrected chi connectivity index (χ0v) is 15.3. The Balaban J connectivity index is 1.70. The van der Waals surface area contributed by atoms with Gasteiger partial charge in [0.25, 0.3) is 0 Å². The van der Waals surface area contributed by atoms with Gasteiger partial charge in [0.05, 0.1) is 5.54 Å². The summed E-state index contributed by atoms with van der Waals surface area (Å²) in [5, 5.41) is 14.4. The van der Waals surface area contributed by atoms with Gasteiger partial charge in [-0.05, 0) is 52.4 Å². The van der Waals surface area contributed by atoms with Gasteiger partial charge in [0, 0.05) is 24.8 Å². The first kappa shape index (κ1) is 17.4. The second kappa shape index (κ2) is 6.84. The highest BCUT2D eigenvalue weighted by Crippen LogP contribution is 2.32. The lowest BCUT2D eigenvalue weighted by Gasteiger charge is -2.44. The maximum absolute atomic E-state index is 12.4. The number of nitrogens with one attached hydrogen (secondary N) is 2. The second-order valence-electron chi connectivity index (χ2n) is 7.16. The van der Waals surface area contributed by atoms with Crippen molar-refractivity contribution in [3.63, 3.8) is 0 Å². The lowest BCUT2D eigenvalue weighted by atomic mass is 9.76. The monoisotopic (exact) mass is 342 g/mol. The quantitative estimate of drug-likeness (QED) is 0.875. The van der Waals surface area contributed by atoms with Gasteiger partial charge in [0.2, 0.25) is 0 Å². The summed E-state index contributed by atoms with van der Waals surface area (Å²) in [6, 6.07) is 7.52. The van der Waals surface area contributed by atoms with E-state index in [1.165, 1.54) is 0 Å². The van der Waals surface area contributed by atoms with Crippen LogP contribution in [0.2, 0.25) is 0 Å². The molecule has 2 N–H and O–H groups in total. The van der Waals surface area contributed by atoms with Gasteiger partial charge >= 0.3 is 6.03 Å². The van der Waals surface area contributed by atoms with Crippen LogP contribution in [0.4, 0.5) is 10.5 Å². The van der Waals surface area contributed by atoms with E-state index in [9.17, 15) is 4.79 Å². The largest absolute Gasteiger partial charge is 0.331 e. The van der Waals surface area contributed by atoms with E-state index < -0.39 is 0 Å². The number of urea groups is 1. The van der Waals surface area contributed by atoms with E-state index >= 15 is 0 Å². The fourth-order valence-electron chi connectivity index (χ4n) is 3.33. The van der Waals surface area contributed by atoms with Crippen LogP contribution in [0.5, 0.6) is 0 Å². The molecular formula is C18H26N6O. The van der Waals surface area contributed by atoms with Gasteiger partial charge in [-0.3, -0.25) is 0 Å². The highest BCUT2D eigenvalue weighted by Gasteiger charge is 2.38. The summed E-state index contributed by atoms with van der Waals surface area (Å²) in [6.07, 6.45) is 3.21. The number of anilines is 1. The average molecular weight is 342 g/mol. The summed E-state index contributed by atoms with van der Waals surface area (Å²) in [6.45, 7) is 2.77. The van der Waals surface area contributed by atoms with Gasteiger partial charge in [-0.25, -0.2) is 4.79 Å². The fourth-order valence-corrected chi connectivity index (χ4v) is 3.33. The highest BCUT2D eigenvalue weighted by atomic mass is 16.2. The van der Waals surface area contributed by atoms with Crippen molar-refractivity contribution in [3.05, 3.63) is 30.1 Å². The number of amides is 2. The van der Waals surface area contributed by atoms with Crippen LogP contribution in [0, 0.1) is 6.92 Å². The molecule has 0 radical (unpaired) electrons. The normalized spacial score (nSPS) is 15.7. The molecular weight excluding hydrogens is 316 g/mol. The number of nitrogens with zero attached hydrogens (tertiary/aromatic N) is 4. The molecule has 7 nitrogen and oxygen atoms in total. The molecule has 1 fully saturated rings. The molecule has 2 aromatic rings. The third-order valence-electron chi connectivity index (χ3n) is 4.78. The predicted octanol–water partition coefficient (Wildman–Crippen LogP) is 2.40. The number of carbonyl (C=O) groups is 1. The van der Waals surface area contributed by atoms with E-state index in [-0.39, 0.29) is 11.6 Å². The summed E-state index contributed by atoms with van der Waals surface area (Å²) in [7, 11) is 6.00. The van der Waals surface area contributed by atoms with E-state index in [0.717, 1.165) is 48.7 Å². The lowest BCUT2D eigenvalue weighted by Crippen LogP contribution is -2.59. The number of likely N-dealkylation sites (N-methyl/N-ethyl adjacent to an activating group) is 1. The van der Waals surface area contributed by atoms with Crippen LogP contribution in [0.25, 0.3) is 11.4 Å². The SMILES string of the molecule is Cc1nnc(-c2cccc(NC(=O)NC3(CN(C)C)CCC3)c2)n1C. The molecule has 1 aromatic carbocycles. The molecule has 0 spiro atoms. The molecule has 2 amide bonds. The van der Waals surface area contributed by atoms with Crippen molar-refractivity contribution in [3.8, 4) is 11.4 Å². The zero-order valence-electron chi connectivity index (χ0n) is 15.3. The Morgan fingerprint density at radius 1 is 1.32 bits per heavy atom. The molecule has 1 aliphatic carbocycles. The minimum absolute atomic E-state index is 0.105. The van der Waals surface area contributed by atoms with Gasteiger partial charge in [0.1, 0.15) is 5.82 Å². The Bertz CT molecular complexity index is 763. The van der Waals surface area contributed by atoms with Crippen LogP contribution in [0.3, 0.4) is 0 Å². The van der Waals surface area contributed by atoms with Crippen molar-refractivity contribution in [2.45, 2.75) is 31.7 Å². The summed E-state index contributed by atoms with van der Waals surface area (Å²) in [4.78, 5) is 14.6. The van der Waals surface area contributed by atoms with Crippen molar-refractivity contribution in [2.75, 3.05) is 26.0 Å². The second-order valence-corrected chi connectivity index (χ2v) is 7.16. The lowest BCUT2D eigenvalue weighted by molar-refractivity contribution is 0.144. The van der Waals surface area contributed by atoms with Crippen molar-refractivity contribution < 1.29 is 4.79 Å². The number of hydrogen-bond donors (Lipinski definition) is 2. The summed E-state index contributed by atoms with van der Waals surface area (Å²) in [5.41, 5.74) is 1.56. The van der Waals surface area contributed by atoms with Gasteiger partial charge in [-0.15, -0.1) is 10.2 Å². The van der Waals surface area contributed by atoms with E-state index in [1.54, 1.807) is 0 Å². The predicted molar refractivity (Wildman–Crippen MR) is 98.5 cm³/mol. The molecule has 1 aliphatic rings. The Labute approximate surface area is 148 Å². The Hall–Kier alpha value is -2.41. The van der Waals surface area contributed by atoms with Crippen LogP contribution >= 0.6 is 0 Å². The topological polar surface area (TPSA) is 75.1 Å². The number of aryl methyl sites for hydroxylation is 1. The molecule has 0 unspecified atom stereocenters. The fraction of sp³-hybridized carbons (Fsp3) is 0.500. The maximum Gasteiger partial charge on any atom is 0.319 e. The Morgan fingerprint density at radius 2 is 2.08 bits per heavy atom. The third-order valence-corrected chi connectivity index (χ3v) is 4.78. The van der Waals surface area contributed by atoms with Crippen LogP contribution in [0.15, 0.2) is 24.3 Å². The van der Waals surface area contributed by atoms with Gasteiger partial charge in [-0.1, -0.05) is 12.1 Å². The van der Waals surface area contributed by atoms with Crippen molar-refractivity contribution in [1.29, 1.82) is 0 Å². The molecule has 1 heterocycles. The summed E-state index contributed by atoms with van der Waals surface area (Å²) in [5.74, 6) is 1.63. The van der Waals surface area contributed by atoms with Gasteiger partial charge in [-0.2, -0.15) is 0 Å². The van der Waals surface area contributed by atoms with Gasteiger partial charge < -0.3 is 20.1 Å². The number of aromatic nitrogens is 3. The molecule has 7 heteroatoms. The number of hydrogen-bond acceptors (Lipinski definition) is 4. The molecule has 25 heavy (non-hydrogen) atoms. The first-order chi connectivity index (χ1) is 11.9. The first-order valence-electron chi connectivity index (χ1n) is 8.59. The van der Waals surface area contributed by atoms with E-state index in [2.05, 4.69) is 25.7 Å². The molecule has 134 valence electrons. The van der Waals surface area contributed by atoms with Gasteiger partial charge in [0.15, 0.2) is 5.82 Å². The standard InChI is InChI=1S/C18H26N6O/c1-13-21-22-16(24(13)4)14-7-5-8-15(11-14)19-17(25)20-18(9-6-10-18)12-23(2)3/h5,7-8,11H,6,9-10,12H2,1-4H3,(H2,19,20,25). The smallest absolute Gasteiger partial charge is 0.319 e. The van der Waals surface area contributed by atoms with Crippen molar-refractivity contribution in [1.82, 2.24) is 25.0 Å². The van der Waals surface area contributed by atoms with Crippen molar-refractivity contribution in [2.24, 2.45) is 7.05 Å². The van der Waals surface area contributed by atoms with E-state index in [1.807, 2.05) is 56.9 Å². The zero-order chi connectivity index (χ0) is 18.0. The Kier molecular flexibility index (Phi) is 4.76. The minimum atomic E-state index is -0.159. The van der Waals surface area contributed by atoms with Crippen LogP contribution in [-0.4, -0.2) is 51.9 Å². The average Bonchev–Trinajstić information content (AvgIpc) is 2.84. The van der Waals surface area contributed by atoms with E-state index in [4.69, 9.17) is 0 Å². The van der Waals surface area contributed by atoms with Crippen LogP contribution in [-0.2, 0) is 7.05 Å². The molecule has 0 bridgehead atoms. The molecule has 0 aliphatic heterocycles. The molecule has 1 aromatic heterocycles. The maximum atomic E-state index is 12.4. The number of carbonyl (C=O) groups excluding carboxylic acids is 1. The number of rotatable bonds is 5. The molecule has 0 atom stereocenters. The highest BCUT2D eigenvalue weighted by molar-refractivity contribution is 5.90. The third kappa shape index (κ3) is 3.82. The minimum Gasteiger partial charge on any atom is -0.331 e. The van der Waals surface area contributed by atoms with Crippen LogP contribution in [0.1, 0.15) is 25.1 Å². The number of benzene rings is 1. The van der Waals surface area contributed by atoms with Crippen LogP contribution < -0.4 is 10.6 Å². The summed E-state index contributed by atoms with van der Waals surface area (Å²) >= 11 is 0. The molecule has 1 saturated carbocycles. The van der Waals surface area contributed by atoms with E-state index in [0.29, 0.717) is 0 Å². The summed E-state index contributed by atoms with van der Waals surface area (Å²) < 4.78 is 1.93. The Morgan fingerprint density at radius 3 is 2.64 bits per heavy atom. The molecule has 0 saturated heterocycles. The van der Waals surface area contributed by atoms with Crippen molar-refractivity contribution >= 4 is 11.7 Å².